The SMILES string of the molecule is CCCCCCCCCCOS(=O)(=O)OCCCCCCCCCC.N. The minimum Gasteiger partial charge on any atom is -0.344 e. The second-order valence-electron chi connectivity index (χ2n) is 7.00. The maximum Gasteiger partial charge on any atom is 0.399 e. The highest BCUT2D eigenvalue weighted by Gasteiger charge is 2.10. The van der Waals surface area contributed by atoms with Gasteiger partial charge in [0.1, 0.15) is 0 Å². The fourth-order valence-electron chi connectivity index (χ4n) is 2.83. The molecular weight excluding hydrogens is 350 g/mol. The van der Waals surface area contributed by atoms with E-state index in [4.69, 9.17) is 8.37 Å². The summed E-state index contributed by atoms with van der Waals surface area (Å²) >= 11 is 0. The van der Waals surface area contributed by atoms with E-state index in [1.807, 2.05) is 0 Å². The van der Waals surface area contributed by atoms with Crippen LogP contribution in [0.25, 0.3) is 0 Å². The largest absolute Gasteiger partial charge is 0.399 e. The molecule has 0 aromatic carbocycles. The summed E-state index contributed by atoms with van der Waals surface area (Å²) in [5, 5.41) is 0. The fraction of sp³-hybridized carbons (Fsp3) is 1.00. The molecule has 0 fully saturated rings. The van der Waals surface area contributed by atoms with Gasteiger partial charge in [0, 0.05) is 0 Å². The van der Waals surface area contributed by atoms with Gasteiger partial charge in [0.05, 0.1) is 13.2 Å². The van der Waals surface area contributed by atoms with Crippen molar-refractivity contribution in [1.82, 2.24) is 6.15 Å². The van der Waals surface area contributed by atoms with Crippen LogP contribution in [0.4, 0.5) is 0 Å². The van der Waals surface area contributed by atoms with E-state index in [9.17, 15) is 8.42 Å². The summed E-state index contributed by atoms with van der Waals surface area (Å²) in [5.41, 5.74) is 0. The zero-order valence-corrected chi connectivity index (χ0v) is 18.3. The molecule has 0 radical (unpaired) electrons. The lowest BCUT2D eigenvalue weighted by atomic mass is 10.1. The molecule has 0 unspecified atom stereocenters. The molecule has 0 spiro atoms. The van der Waals surface area contributed by atoms with Crippen LogP contribution in [0, 0.1) is 0 Å². The molecule has 0 heterocycles. The third-order valence-electron chi connectivity index (χ3n) is 4.45. The monoisotopic (exact) mass is 395 g/mol. The third kappa shape index (κ3) is 21.9. The highest BCUT2D eigenvalue weighted by atomic mass is 32.3. The lowest BCUT2D eigenvalue weighted by molar-refractivity contribution is 0.208. The van der Waals surface area contributed by atoms with Gasteiger partial charge >= 0.3 is 10.4 Å². The molecule has 0 saturated carbocycles. The van der Waals surface area contributed by atoms with Crippen molar-refractivity contribution in [3.8, 4) is 0 Å². The second kappa shape index (κ2) is 21.1. The molecule has 3 N–H and O–H groups in total. The standard InChI is InChI=1S/C20H42O4S.H3N/c1-3-5-7-9-11-13-15-17-19-23-25(21,22)24-20-18-16-14-12-10-8-6-4-2;/h3-20H2,1-2H3;1H3. The quantitative estimate of drug-likeness (QED) is 0.231. The van der Waals surface area contributed by atoms with Crippen molar-refractivity contribution in [3.05, 3.63) is 0 Å². The Labute approximate surface area is 163 Å². The van der Waals surface area contributed by atoms with E-state index in [1.165, 1.54) is 64.2 Å². The van der Waals surface area contributed by atoms with Crippen LogP contribution in [0.1, 0.15) is 117 Å². The Hall–Kier alpha value is -0.170. The maximum absolute atomic E-state index is 11.6. The van der Waals surface area contributed by atoms with E-state index >= 15 is 0 Å². The van der Waals surface area contributed by atoms with Crippen LogP contribution in [0.2, 0.25) is 0 Å². The molecule has 0 aliphatic rings. The Morgan fingerprint density at radius 2 is 0.769 bits per heavy atom. The Morgan fingerprint density at radius 3 is 1.08 bits per heavy atom. The first-order chi connectivity index (χ1) is 12.1. The third-order valence-corrected chi connectivity index (χ3v) is 5.36. The molecule has 0 aromatic heterocycles. The van der Waals surface area contributed by atoms with Crippen LogP contribution in [-0.4, -0.2) is 21.6 Å². The van der Waals surface area contributed by atoms with Crippen molar-refractivity contribution >= 4 is 10.4 Å². The minimum absolute atomic E-state index is 0. The summed E-state index contributed by atoms with van der Waals surface area (Å²) in [4.78, 5) is 0. The fourth-order valence-corrected chi connectivity index (χ4v) is 3.54. The van der Waals surface area contributed by atoms with Gasteiger partial charge in [0.25, 0.3) is 0 Å². The first-order valence-electron chi connectivity index (χ1n) is 10.7. The van der Waals surface area contributed by atoms with Crippen molar-refractivity contribution < 1.29 is 16.8 Å². The van der Waals surface area contributed by atoms with Crippen LogP contribution in [0.5, 0.6) is 0 Å². The summed E-state index contributed by atoms with van der Waals surface area (Å²) in [7, 11) is -3.79. The van der Waals surface area contributed by atoms with E-state index in [0.29, 0.717) is 0 Å². The number of hydrogen-bond donors (Lipinski definition) is 1. The zero-order valence-electron chi connectivity index (χ0n) is 17.5. The molecule has 0 aromatic rings. The molecule has 0 atom stereocenters. The van der Waals surface area contributed by atoms with Gasteiger partial charge in [0.15, 0.2) is 0 Å². The smallest absolute Gasteiger partial charge is 0.344 e. The second-order valence-corrected chi connectivity index (χ2v) is 8.29. The summed E-state index contributed by atoms with van der Waals surface area (Å²) in [5.74, 6) is 0. The first kappa shape index (κ1) is 28.0. The van der Waals surface area contributed by atoms with Gasteiger partial charge in [-0.3, -0.25) is 0 Å². The molecule has 0 aliphatic heterocycles. The molecule has 6 heteroatoms. The molecule has 0 amide bonds. The highest BCUT2D eigenvalue weighted by Crippen LogP contribution is 2.10. The molecule has 0 aliphatic carbocycles. The van der Waals surface area contributed by atoms with Crippen molar-refractivity contribution in [3.63, 3.8) is 0 Å². The van der Waals surface area contributed by atoms with Crippen molar-refractivity contribution in [1.29, 1.82) is 0 Å². The van der Waals surface area contributed by atoms with Crippen LogP contribution in [0.15, 0.2) is 0 Å². The molecule has 0 bridgehead atoms. The Kier molecular flexibility index (Phi) is 22.8. The zero-order chi connectivity index (χ0) is 18.6. The van der Waals surface area contributed by atoms with Crippen LogP contribution in [-0.2, 0) is 18.8 Å². The van der Waals surface area contributed by atoms with E-state index in [2.05, 4.69) is 13.8 Å². The predicted octanol–water partition coefficient (Wildman–Crippen LogP) is 6.71. The Morgan fingerprint density at radius 1 is 0.500 bits per heavy atom. The molecule has 0 rings (SSSR count). The van der Waals surface area contributed by atoms with Gasteiger partial charge in [-0.05, 0) is 12.8 Å². The van der Waals surface area contributed by atoms with Gasteiger partial charge < -0.3 is 6.15 Å². The van der Waals surface area contributed by atoms with Gasteiger partial charge in [-0.15, -0.1) is 0 Å². The lowest BCUT2D eigenvalue weighted by Gasteiger charge is -2.06. The average molecular weight is 396 g/mol. The van der Waals surface area contributed by atoms with Crippen LogP contribution >= 0.6 is 0 Å². The lowest BCUT2D eigenvalue weighted by Crippen LogP contribution is -2.12. The highest BCUT2D eigenvalue weighted by molar-refractivity contribution is 7.81. The van der Waals surface area contributed by atoms with Crippen LogP contribution in [0.3, 0.4) is 0 Å². The van der Waals surface area contributed by atoms with Gasteiger partial charge in [0.2, 0.25) is 0 Å². The summed E-state index contributed by atoms with van der Waals surface area (Å²) in [6.45, 7) is 4.92. The van der Waals surface area contributed by atoms with Gasteiger partial charge in [-0.2, -0.15) is 8.42 Å². The normalized spacial score (nSPS) is 11.5. The van der Waals surface area contributed by atoms with Crippen molar-refractivity contribution in [2.24, 2.45) is 0 Å². The number of rotatable bonds is 20. The molecule has 0 saturated heterocycles. The summed E-state index contributed by atoms with van der Waals surface area (Å²) < 4.78 is 33.0. The molecular formula is C20H45NO4S. The minimum atomic E-state index is -3.79. The first-order valence-corrected chi connectivity index (χ1v) is 12.0. The molecule has 160 valence electrons. The number of unbranched alkanes of at least 4 members (excludes halogenated alkanes) is 14. The van der Waals surface area contributed by atoms with Crippen LogP contribution < -0.4 is 6.15 Å². The van der Waals surface area contributed by atoms with Crippen molar-refractivity contribution in [2.75, 3.05) is 13.2 Å². The average Bonchev–Trinajstić information content (AvgIpc) is 2.59. The van der Waals surface area contributed by atoms with E-state index in [-0.39, 0.29) is 19.4 Å². The number of hydrogen-bond acceptors (Lipinski definition) is 5. The predicted molar refractivity (Wildman–Crippen MR) is 111 cm³/mol. The van der Waals surface area contributed by atoms with E-state index in [0.717, 1.165) is 38.5 Å². The Bertz CT molecular complexity index is 333. The van der Waals surface area contributed by atoms with Crippen molar-refractivity contribution in [2.45, 2.75) is 117 Å². The van der Waals surface area contributed by atoms with E-state index in [1.54, 1.807) is 0 Å². The van der Waals surface area contributed by atoms with E-state index < -0.39 is 10.4 Å². The summed E-state index contributed by atoms with van der Waals surface area (Å²) in [6, 6.07) is 0. The maximum atomic E-state index is 11.6. The molecule has 5 nitrogen and oxygen atoms in total. The van der Waals surface area contributed by atoms with Gasteiger partial charge in [-0.25, -0.2) is 8.37 Å². The van der Waals surface area contributed by atoms with Gasteiger partial charge in [-0.1, -0.05) is 104 Å². The Balaban J connectivity index is 0. The summed E-state index contributed by atoms with van der Waals surface area (Å²) in [6.07, 6.45) is 18.8. The molecule has 26 heavy (non-hydrogen) atoms. The topological polar surface area (TPSA) is 87.6 Å².